The summed E-state index contributed by atoms with van der Waals surface area (Å²) in [4.78, 5) is 33.8. The molecule has 0 heterocycles. The number of carboxylic acid groups (broad SMARTS) is 1. The molecule has 0 radical (unpaired) electrons. The summed E-state index contributed by atoms with van der Waals surface area (Å²) in [6.45, 7) is 2.21. The van der Waals surface area contributed by atoms with E-state index in [2.05, 4.69) is 0 Å². The van der Waals surface area contributed by atoms with Gasteiger partial charge < -0.3 is 9.84 Å². The Morgan fingerprint density at radius 3 is 2.75 bits per heavy atom. The van der Waals surface area contributed by atoms with Gasteiger partial charge in [0.1, 0.15) is 11.7 Å². The number of carbonyl (C=O) groups is 3. The Balaban J connectivity index is 2.57. The number of hydrogen-bond acceptors (Lipinski definition) is 4. The number of ketones is 1. The van der Waals surface area contributed by atoms with Gasteiger partial charge in [0, 0.05) is 6.42 Å². The van der Waals surface area contributed by atoms with E-state index < -0.39 is 23.8 Å². The standard InChI is InChI=1S/C11H16O5/c1-2-3-6-16-11(15)9-7(10(13)14)4-5-8(9)12/h7,9H,2-6H2,1H3,(H,13,14)/t7-,9+/m0/s1. The van der Waals surface area contributed by atoms with Crippen molar-refractivity contribution in [3.8, 4) is 0 Å². The van der Waals surface area contributed by atoms with Crippen LogP contribution in [0.4, 0.5) is 0 Å². The average Bonchev–Trinajstić information content (AvgIpc) is 2.60. The van der Waals surface area contributed by atoms with Crippen LogP contribution in [0.3, 0.4) is 0 Å². The summed E-state index contributed by atoms with van der Waals surface area (Å²) in [5, 5.41) is 8.86. The van der Waals surface area contributed by atoms with Gasteiger partial charge in [0.05, 0.1) is 12.5 Å². The number of rotatable bonds is 5. The molecule has 1 fully saturated rings. The lowest BCUT2D eigenvalue weighted by Gasteiger charge is -2.13. The summed E-state index contributed by atoms with van der Waals surface area (Å²) < 4.78 is 4.89. The third kappa shape index (κ3) is 2.81. The maximum absolute atomic E-state index is 11.5. The van der Waals surface area contributed by atoms with Crippen LogP contribution in [0.2, 0.25) is 0 Å². The van der Waals surface area contributed by atoms with E-state index in [0.717, 1.165) is 12.8 Å². The topological polar surface area (TPSA) is 80.7 Å². The number of hydrogen-bond donors (Lipinski definition) is 1. The number of aliphatic carboxylic acids is 1. The second-order valence-corrected chi connectivity index (χ2v) is 3.95. The maximum Gasteiger partial charge on any atom is 0.317 e. The normalized spacial score (nSPS) is 24.4. The van der Waals surface area contributed by atoms with E-state index in [0.29, 0.717) is 0 Å². The van der Waals surface area contributed by atoms with Gasteiger partial charge in [0.2, 0.25) is 0 Å². The third-order valence-electron chi connectivity index (χ3n) is 2.76. The first-order valence-corrected chi connectivity index (χ1v) is 5.50. The molecular weight excluding hydrogens is 212 g/mol. The predicted octanol–water partition coefficient (Wildman–Crippen LogP) is 1.01. The van der Waals surface area contributed by atoms with Crippen molar-refractivity contribution in [1.29, 1.82) is 0 Å². The van der Waals surface area contributed by atoms with Crippen molar-refractivity contribution < 1.29 is 24.2 Å². The molecule has 2 atom stereocenters. The van der Waals surface area contributed by atoms with Gasteiger partial charge >= 0.3 is 11.9 Å². The van der Waals surface area contributed by atoms with Crippen LogP contribution in [-0.2, 0) is 19.1 Å². The molecule has 0 aromatic rings. The molecule has 0 saturated heterocycles. The fourth-order valence-electron chi connectivity index (χ4n) is 1.81. The van der Waals surface area contributed by atoms with Crippen molar-refractivity contribution in [3.05, 3.63) is 0 Å². The first kappa shape index (κ1) is 12.7. The van der Waals surface area contributed by atoms with Gasteiger partial charge in [-0.1, -0.05) is 13.3 Å². The van der Waals surface area contributed by atoms with E-state index in [1.54, 1.807) is 0 Å². The van der Waals surface area contributed by atoms with Crippen molar-refractivity contribution in [2.24, 2.45) is 11.8 Å². The van der Waals surface area contributed by atoms with Crippen LogP contribution in [0.25, 0.3) is 0 Å². The first-order chi connectivity index (χ1) is 7.57. The molecule has 1 rings (SSSR count). The molecule has 1 aliphatic carbocycles. The number of unbranched alkanes of at least 4 members (excludes halogenated alkanes) is 1. The van der Waals surface area contributed by atoms with Crippen LogP contribution in [0, 0.1) is 11.8 Å². The van der Waals surface area contributed by atoms with E-state index in [9.17, 15) is 14.4 Å². The molecule has 0 aromatic heterocycles. The molecule has 0 aliphatic heterocycles. The Kier molecular flexibility index (Phi) is 4.46. The van der Waals surface area contributed by atoms with E-state index in [-0.39, 0.29) is 25.2 Å². The van der Waals surface area contributed by atoms with Gasteiger partial charge in [0.25, 0.3) is 0 Å². The summed E-state index contributed by atoms with van der Waals surface area (Å²) >= 11 is 0. The lowest BCUT2D eigenvalue weighted by atomic mass is 9.96. The van der Waals surface area contributed by atoms with Crippen molar-refractivity contribution >= 4 is 17.7 Å². The molecule has 1 N–H and O–H groups in total. The number of esters is 1. The van der Waals surface area contributed by atoms with Crippen molar-refractivity contribution in [1.82, 2.24) is 0 Å². The highest BCUT2D eigenvalue weighted by molar-refractivity contribution is 6.04. The Labute approximate surface area is 93.8 Å². The number of carbonyl (C=O) groups excluding carboxylic acids is 2. The van der Waals surface area contributed by atoms with Crippen LogP contribution in [0.1, 0.15) is 32.6 Å². The fourth-order valence-corrected chi connectivity index (χ4v) is 1.81. The molecule has 90 valence electrons. The average molecular weight is 228 g/mol. The fraction of sp³-hybridized carbons (Fsp3) is 0.727. The molecule has 0 amide bonds. The van der Waals surface area contributed by atoms with E-state index >= 15 is 0 Å². The molecule has 0 spiro atoms. The lowest BCUT2D eigenvalue weighted by Crippen LogP contribution is -2.31. The quantitative estimate of drug-likeness (QED) is 0.431. The minimum Gasteiger partial charge on any atom is -0.481 e. The van der Waals surface area contributed by atoms with Gasteiger partial charge in [0.15, 0.2) is 0 Å². The van der Waals surface area contributed by atoms with Crippen LogP contribution >= 0.6 is 0 Å². The van der Waals surface area contributed by atoms with Crippen LogP contribution in [0.15, 0.2) is 0 Å². The molecular formula is C11H16O5. The monoisotopic (exact) mass is 228 g/mol. The Morgan fingerprint density at radius 2 is 2.19 bits per heavy atom. The molecule has 16 heavy (non-hydrogen) atoms. The number of Topliss-reactive ketones (excluding diaryl/α,β-unsaturated/α-hetero) is 1. The highest BCUT2D eigenvalue weighted by Crippen LogP contribution is 2.30. The molecule has 1 saturated carbocycles. The minimum atomic E-state index is -1.09. The zero-order chi connectivity index (χ0) is 12.1. The van der Waals surface area contributed by atoms with Crippen LogP contribution < -0.4 is 0 Å². The van der Waals surface area contributed by atoms with Gasteiger partial charge in [-0.05, 0) is 12.8 Å². The van der Waals surface area contributed by atoms with Crippen LogP contribution in [-0.4, -0.2) is 29.4 Å². The molecule has 1 aliphatic rings. The van der Waals surface area contributed by atoms with Gasteiger partial charge in [-0.15, -0.1) is 0 Å². The molecule has 0 unspecified atom stereocenters. The Morgan fingerprint density at radius 1 is 1.50 bits per heavy atom. The summed E-state index contributed by atoms with van der Waals surface area (Å²) in [5.41, 5.74) is 0. The zero-order valence-electron chi connectivity index (χ0n) is 9.27. The highest BCUT2D eigenvalue weighted by Gasteiger charge is 2.45. The van der Waals surface area contributed by atoms with E-state index in [4.69, 9.17) is 9.84 Å². The van der Waals surface area contributed by atoms with E-state index in [1.165, 1.54) is 0 Å². The summed E-state index contributed by atoms with van der Waals surface area (Å²) in [5.74, 6) is -4.07. The summed E-state index contributed by atoms with van der Waals surface area (Å²) in [6, 6.07) is 0. The third-order valence-corrected chi connectivity index (χ3v) is 2.76. The summed E-state index contributed by atoms with van der Waals surface area (Å²) in [7, 11) is 0. The number of ether oxygens (including phenoxy) is 1. The zero-order valence-corrected chi connectivity index (χ0v) is 9.27. The van der Waals surface area contributed by atoms with Crippen LogP contribution in [0.5, 0.6) is 0 Å². The Bertz CT molecular complexity index is 297. The van der Waals surface area contributed by atoms with Gasteiger partial charge in [-0.2, -0.15) is 0 Å². The SMILES string of the molecule is CCCCOC(=O)[C@H]1C(=O)CC[C@@H]1C(=O)O. The van der Waals surface area contributed by atoms with Crippen molar-refractivity contribution in [3.63, 3.8) is 0 Å². The van der Waals surface area contributed by atoms with Gasteiger partial charge in [-0.3, -0.25) is 14.4 Å². The second kappa shape index (κ2) is 5.63. The lowest BCUT2D eigenvalue weighted by molar-refractivity contribution is -0.158. The smallest absolute Gasteiger partial charge is 0.317 e. The predicted molar refractivity (Wildman–Crippen MR) is 54.7 cm³/mol. The Hall–Kier alpha value is -1.39. The van der Waals surface area contributed by atoms with Crippen molar-refractivity contribution in [2.75, 3.05) is 6.61 Å². The first-order valence-electron chi connectivity index (χ1n) is 5.50. The molecule has 0 aromatic carbocycles. The van der Waals surface area contributed by atoms with Crippen molar-refractivity contribution in [2.45, 2.75) is 32.6 Å². The minimum absolute atomic E-state index is 0.157. The molecule has 5 heteroatoms. The number of carboxylic acids is 1. The molecule has 0 bridgehead atoms. The molecule has 5 nitrogen and oxygen atoms in total. The largest absolute Gasteiger partial charge is 0.481 e. The van der Waals surface area contributed by atoms with E-state index in [1.807, 2.05) is 6.92 Å². The maximum atomic E-state index is 11.5. The second-order valence-electron chi connectivity index (χ2n) is 3.95. The summed E-state index contributed by atoms with van der Waals surface area (Å²) in [6.07, 6.45) is 2.00. The highest BCUT2D eigenvalue weighted by atomic mass is 16.5. The van der Waals surface area contributed by atoms with Gasteiger partial charge in [-0.25, -0.2) is 0 Å².